The van der Waals surface area contributed by atoms with Crippen LogP contribution in [0.1, 0.15) is 51.0 Å². The zero-order valence-electron chi connectivity index (χ0n) is 12.6. The molecule has 3 nitrogen and oxygen atoms in total. The molecule has 20 heavy (non-hydrogen) atoms. The molecule has 1 aromatic rings. The lowest BCUT2D eigenvalue weighted by Crippen LogP contribution is -2.64. The van der Waals surface area contributed by atoms with Gasteiger partial charge in [-0.05, 0) is 30.9 Å². The van der Waals surface area contributed by atoms with Crippen LogP contribution in [0.3, 0.4) is 0 Å². The van der Waals surface area contributed by atoms with Crippen LogP contribution in [-0.2, 0) is 6.54 Å². The van der Waals surface area contributed by atoms with E-state index in [4.69, 9.17) is 0 Å². The summed E-state index contributed by atoms with van der Waals surface area (Å²) in [7, 11) is 0. The Balaban J connectivity index is 1.77. The van der Waals surface area contributed by atoms with Gasteiger partial charge in [-0.15, -0.1) is 0 Å². The van der Waals surface area contributed by atoms with Crippen molar-refractivity contribution in [3.05, 3.63) is 30.1 Å². The molecule has 110 valence electrons. The van der Waals surface area contributed by atoms with Crippen molar-refractivity contribution < 1.29 is 0 Å². The minimum Gasteiger partial charge on any atom is -0.311 e. The van der Waals surface area contributed by atoms with Crippen LogP contribution in [0.2, 0.25) is 0 Å². The van der Waals surface area contributed by atoms with E-state index >= 15 is 0 Å². The Morgan fingerprint density at radius 1 is 1.35 bits per heavy atom. The van der Waals surface area contributed by atoms with Crippen LogP contribution in [0.15, 0.2) is 24.5 Å². The van der Waals surface area contributed by atoms with Crippen LogP contribution in [0.4, 0.5) is 0 Å². The Morgan fingerprint density at radius 2 is 2.20 bits per heavy atom. The van der Waals surface area contributed by atoms with E-state index in [0.29, 0.717) is 11.6 Å². The Hall–Kier alpha value is -0.930. The molecule has 1 N–H and O–H groups in total. The third-order valence-corrected chi connectivity index (χ3v) is 5.20. The first-order valence-corrected chi connectivity index (χ1v) is 8.20. The predicted octanol–water partition coefficient (Wildman–Crippen LogP) is 2.97. The predicted molar refractivity (Wildman–Crippen MR) is 82.5 cm³/mol. The largest absolute Gasteiger partial charge is 0.311 e. The number of aromatic nitrogens is 1. The van der Waals surface area contributed by atoms with Gasteiger partial charge < -0.3 is 5.32 Å². The van der Waals surface area contributed by atoms with Crippen LogP contribution in [0, 0.1) is 0 Å². The molecule has 1 unspecified atom stereocenters. The minimum absolute atomic E-state index is 0.403. The van der Waals surface area contributed by atoms with E-state index in [1.54, 1.807) is 0 Å². The quantitative estimate of drug-likeness (QED) is 0.917. The zero-order chi connectivity index (χ0) is 13.8. The highest BCUT2D eigenvalue weighted by Crippen LogP contribution is 2.36. The molecule has 1 aliphatic carbocycles. The van der Waals surface area contributed by atoms with Gasteiger partial charge >= 0.3 is 0 Å². The van der Waals surface area contributed by atoms with Crippen molar-refractivity contribution in [1.29, 1.82) is 0 Å². The molecule has 2 heterocycles. The molecule has 1 atom stereocenters. The zero-order valence-corrected chi connectivity index (χ0v) is 12.6. The highest BCUT2D eigenvalue weighted by molar-refractivity contribution is 5.11. The first-order valence-electron chi connectivity index (χ1n) is 8.20. The Morgan fingerprint density at radius 3 is 2.90 bits per heavy atom. The average molecular weight is 273 g/mol. The lowest BCUT2D eigenvalue weighted by Gasteiger charge is -2.52. The summed E-state index contributed by atoms with van der Waals surface area (Å²) in [6.45, 7) is 5.71. The molecule has 0 amide bonds. The molecule has 1 saturated heterocycles. The van der Waals surface area contributed by atoms with Crippen molar-refractivity contribution in [2.24, 2.45) is 0 Å². The number of hydrogen-bond acceptors (Lipinski definition) is 3. The number of rotatable bonds is 3. The molecular weight excluding hydrogens is 246 g/mol. The lowest BCUT2D eigenvalue weighted by molar-refractivity contribution is 0.00267. The maximum absolute atomic E-state index is 4.28. The highest BCUT2D eigenvalue weighted by Gasteiger charge is 2.41. The number of pyridine rings is 1. The van der Waals surface area contributed by atoms with Gasteiger partial charge in [-0.25, -0.2) is 0 Å². The Labute approximate surface area is 122 Å². The number of nitrogens with zero attached hydrogens (tertiary/aromatic N) is 2. The topological polar surface area (TPSA) is 28.2 Å². The molecule has 3 rings (SSSR count). The van der Waals surface area contributed by atoms with E-state index in [2.05, 4.69) is 34.3 Å². The average Bonchev–Trinajstić information content (AvgIpc) is 2.52. The summed E-state index contributed by atoms with van der Waals surface area (Å²) in [6.07, 6.45) is 12.0. The van der Waals surface area contributed by atoms with Gasteiger partial charge in [0.2, 0.25) is 0 Å². The van der Waals surface area contributed by atoms with Crippen molar-refractivity contribution in [2.45, 2.75) is 63.6 Å². The maximum Gasteiger partial charge on any atom is 0.0338 e. The van der Waals surface area contributed by atoms with Gasteiger partial charge in [0.1, 0.15) is 0 Å². The number of hydrogen-bond donors (Lipinski definition) is 1. The van der Waals surface area contributed by atoms with Crippen LogP contribution < -0.4 is 5.32 Å². The summed E-state index contributed by atoms with van der Waals surface area (Å²) in [6, 6.07) is 4.92. The van der Waals surface area contributed by atoms with Crippen LogP contribution in [0.5, 0.6) is 0 Å². The number of piperazine rings is 1. The molecule has 1 spiro atoms. The first-order chi connectivity index (χ1) is 9.82. The number of nitrogens with one attached hydrogen (secondary N) is 1. The molecule has 0 radical (unpaired) electrons. The smallest absolute Gasteiger partial charge is 0.0338 e. The molecule has 3 heteroatoms. The van der Waals surface area contributed by atoms with Crippen LogP contribution >= 0.6 is 0 Å². The van der Waals surface area contributed by atoms with Gasteiger partial charge in [0, 0.05) is 43.6 Å². The van der Waals surface area contributed by atoms with E-state index in [9.17, 15) is 0 Å². The van der Waals surface area contributed by atoms with Gasteiger partial charge in [-0.3, -0.25) is 9.88 Å². The molecular formula is C17H27N3. The van der Waals surface area contributed by atoms with Crippen molar-refractivity contribution >= 4 is 0 Å². The maximum atomic E-state index is 4.28. The van der Waals surface area contributed by atoms with Gasteiger partial charge in [0.15, 0.2) is 0 Å². The molecule has 2 fully saturated rings. The van der Waals surface area contributed by atoms with Gasteiger partial charge in [0.05, 0.1) is 0 Å². The second-order valence-electron chi connectivity index (χ2n) is 6.51. The van der Waals surface area contributed by atoms with E-state index in [1.807, 2.05) is 12.4 Å². The standard InChI is InChI=1S/C17H27N3/c1-2-16-13-20(12-15-7-6-10-18-11-15)17(14-19-16)8-4-3-5-9-17/h6-7,10-11,16,19H,2-5,8-9,12-14H2,1H3. The highest BCUT2D eigenvalue weighted by atomic mass is 15.3. The molecule has 0 bridgehead atoms. The fourth-order valence-corrected chi connectivity index (χ4v) is 3.89. The first kappa shape index (κ1) is 14.0. The Kier molecular flexibility index (Phi) is 4.37. The van der Waals surface area contributed by atoms with Crippen LogP contribution in [0.25, 0.3) is 0 Å². The third kappa shape index (κ3) is 2.89. The van der Waals surface area contributed by atoms with E-state index < -0.39 is 0 Å². The normalized spacial score (nSPS) is 26.8. The van der Waals surface area contributed by atoms with Gasteiger partial charge in [0.25, 0.3) is 0 Å². The summed E-state index contributed by atoms with van der Waals surface area (Å²) in [5.41, 5.74) is 1.76. The minimum atomic E-state index is 0.403. The summed E-state index contributed by atoms with van der Waals surface area (Å²) in [4.78, 5) is 7.04. The summed E-state index contributed by atoms with van der Waals surface area (Å²) >= 11 is 0. The fourth-order valence-electron chi connectivity index (χ4n) is 3.89. The fraction of sp³-hybridized carbons (Fsp3) is 0.706. The van der Waals surface area contributed by atoms with Crippen LogP contribution in [-0.4, -0.2) is 34.6 Å². The SMILES string of the molecule is CCC1CN(Cc2cccnc2)C2(CCCCC2)CN1. The molecule has 1 aliphatic heterocycles. The molecule has 1 aromatic heterocycles. The second-order valence-corrected chi connectivity index (χ2v) is 6.51. The molecule has 2 aliphatic rings. The van der Waals surface area contributed by atoms with Crippen molar-refractivity contribution in [3.8, 4) is 0 Å². The van der Waals surface area contributed by atoms with E-state index in [-0.39, 0.29) is 0 Å². The van der Waals surface area contributed by atoms with E-state index in [1.165, 1.54) is 57.2 Å². The Bertz CT molecular complexity index is 412. The van der Waals surface area contributed by atoms with Gasteiger partial charge in [-0.2, -0.15) is 0 Å². The lowest BCUT2D eigenvalue weighted by atomic mass is 9.78. The van der Waals surface area contributed by atoms with E-state index in [0.717, 1.165) is 6.54 Å². The summed E-state index contributed by atoms with van der Waals surface area (Å²) in [5, 5.41) is 3.79. The van der Waals surface area contributed by atoms with Crippen molar-refractivity contribution in [2.75, 3.05) is 13.1 Å². The second kappa shape index (κ2) is 6.23. The van der Waals surface area contributed by atoms with Crippen molar-refractivity contribution in [1.82, 2.24) is 15.2 Å². The summed E-state index contributed by atoms with van der Waals surface area (Å²) < 4.78 is 0. The monoisotopic (exact) mass is 273 g/mol. The summed E-state index contributed by atoms with van der Waals surface area (Å²) in [5.74, 6) is 0. The molecule has 0 aromatic carbocycles. The molecule has 1 saturated carbocycles. The third-order valence-electron chi connectivity index (χ3n) is 5.20. The van der Waals surface area contributed by atoms with Crippen molar-refractivity contribution in [3.63, 3.8) is 0 Å². The van der Waals surface area contributed by atoms with Gasteiger partial charge in [-0.1, -0.05) is 32.3 Å².